The van der Waals surface area contributed by atoms with Gasteiger partial charge in [0, 0.05) is 19.0 Å². The average Bonchev–Trinajstić information content (AvgIpc) is 2.66. The molecule has 0 radical (unpaired) electrons. The van der Waals surface area contributed by atoms with Gasteiger partial charge in [0.1, 0.15) is 0 Å². The Morgan fingerprint density at radius 1 is 1.32 bits per heavy atom. The van der Waals surface area contributed by atoms with Gasteiger partial charge in [0.2, 0.25) is 15.9 Å². The summed E-state index contributed by atoms with van der Waals surface area (Å²) in [6, 6.07) is 6.63. The van der Waals surface area contributed by atoms with Gasteiger partial charge in [-0.05, 0) is 17.5 Å². The number of carbonyl (C=O) groups is 1. The molecular formula is C15H21ClN2O3S. The number of benzene rings is 1. The van der Waals surface area contributed by atoms with Crippen LogP contribution in [-0.4, -0.2) is 32.7 Å². The fraction of sp³-hybridized carbons (Fsp3) is 0.533. The number of para-hydroxylation sites is 1. The number of amides is 1. The summed E-state index contributed by atoms with van der Waals surface area (Å²) in [5, 5.41) is 0.481. The molecule has 1 amide bonds. The van der Waals surface area contributed by atoms with Crippen molar-refractivity contribution in [2.45, 2.75) is 33.2 Å². The lowest BCUT2D eigenvalue weighted by molar-refractivity contribution is -0.117. The van der Waals surface area contributed by atoms with Crippen molar-refractivity contribution < 1.29 is 13.2 Å². The topological polar surface area (TPSA) is 66.5 Å². The predicted octanol–water partition coefficient (Wildman–Crippen LogP) is 2.41. The van der Waals surface area contributed by atoms with Crippen molar-refractivity contribution in [2.75, 3.05) is 17.2 Å². The molecule has 0 aliphatic carbocycles. The summed E-state index contributed by atoms with van der Waals surface area (Å²) in [5.41, 5.74) is 0.281. The van der Waals surface area contributed by atoms with E-state index in [4.69, 9.17) is 11.6 Å². The lowest BCUT2D eigenvalue weighted by Gasteiger charge is -2.21. The van der Waals surface area contributed by atoms with Gasteiger partial charge in [0.15, 0.2) is 0 Å². The lowest BCUT2D eigenvalue weighted by Crippen LogP contribution is -2.40. The maximum atomic E-state index is 12.2. The molecular weight excluding hydrogens is 324 g/mol. The zero-order valence-corrected chi connectivity index (χ0v) is 14.5. The second-order valence-corrected chi connectivity index (χ2v) is 8.96. The first-order valence-corrected chi connectivity index (χ1v) is 9.15. The van der Waals surface area contributed by atoms with Crippen LogP contribution in [0.15, 0.2) is 24.3 Å². The van der Waals surface area contributed by atoms with E-state index < -0.39 is 16.1 Å². The van der Waals surface area contributed by atoms with Gasteiger partial charge in [-0.3, -0.25) is 4.79 Å². The number of rotatable bonds is 4. The van der Waals surface area contributed by atoms with Crippen molar-refractivity contribution >= 4 is 33.2 Å². The van der Waals surface area contributed by atoms with Crippen LogP contribution in [0, 0.1) is 5.41 Å². The van der Waals surface area contributed by atoms with E-state index in [2.05, 4.69) is 4.72 Å². The molecule has 5 nitrogen and oxygen atoms in total. The van der Waals surface area contributed by atoms with Crippen molar-refractivity contribution in [3.05, 3.63) is 29.3 Å². The minimum absolute atomic E-state index is 0.0246. The van der Waals surface area contributed by atoms with Crippen molar-refractivity contribution in [3.63, 3.8) is 0 Å². The van der Waals surface area contributed by atoms with E-state index in [0.29, 0.717) is 17.3 Å². The van der Waals surface area contributed by atoms with Gasteiger partial charge in [-0.2, -0.15) is 0 Å². The molecule has 1 aliphatic rings. The zero-order valence-electron chi connectivity index (χ0n) is 13.0. The van der Waals surface area contributed by atoms with Crippen molar-refractivity contribution in [3.8, 4) is 0 Å². The average molecular weight is 345 g/mol. The third-order valence-corrected chi connectivity index (χ3v) is 5.50. The van der Waals surface area contributed by atoms with E-state index in [1.54, 1.807) is 24.3 Å². The monoisotopic (exact) mass is 344 g/mol. The highest BCUT2D eigenvalue weighted by Crippen LogP contribution is 2.29. The Kier molecular flexibility index (Phi) is 4.84. The second kappa shape index (κ2) is 6.18. The molecule has 1 atom stereocenters. The van der Waals surface area contributed by atoms with Crippen LogP contribution in [0.5, 0.6) is 0 Å². The molecule has 0 aromatic heterocycles. The van der Waals surface area contributed by atoms with Gasteiger partial charge >= 0.3 is 0 Å². The molecule has 1 aromatic carbocycles. The molecule has 122 valence electrons. The van der Waals surface area contributed by atoms with Gasteiger partial charge in [0.05, 0.1) is 16.5 Å². The number of hydrogen-bond donors (Lipinski definition) is 1. The van der Waals surface area contributed by atoms with Crippen molar-refractivity contribution in [2.24, 2.45) is 5.41 Å². The summed E-state index contributed by atoms with van der Waals surface area (Å²) in [4.78, 5) is 13.7. The molecule has 7 heteroatoms. The molecule has 1 fully saturated rings. The first kappa shape index (κ1) is 17.2. The fourth-order valence-electron chi connectivity index (χ4n) is 2.56. The molecule has 1 heterocycles. The van der Waals surface area contributed by atoms with E-state index in [-0.39, 0.29) is 23.5 Å². The van der Waals surface area contributed by atoms with Crippen LogP contribution in [0.4, 0.5) is 5.69 Å². The van der Waals surface area contributed by atoms with E-state index in [1.165, 1.54) is 4.90 Å². The molecule has 0 bridgehead atoms. The van der Waals surface area contributed by atoms with Gasteiger partial charge in [-0.15, -0.1) is 0 Å². The predicted molar refractivity (Wildman–Crippen MR) is 88.6 cm³/mol. The van der Waals surface area contributed by atoms with Crippen LogP contribution in [0.25, 0.3) is 0 Å². The Morgan fingerprint density at radius 3 is 2.55 bits per heavy atom. The Hall–Kier alpha value is -1.11. The highest BCUT2D eigenvalue weighted by atomic mass is 35.5. The summed E-state index contributed by atoms with van der Waals surface area (Å²) >= 11 is 6.10. The number of sulfonamides is 1. The van der Waals surface area contributed by atoms with Crippen LogP contribution in [-0.2, 0) is 14.8 Å². The summed E-state index contributed by atoms with van der Waals surface area (Å²) in [6.07, 6.45) is 0.147. The summed E-state index contributed by atoms with van der Waals surface area (Å²) in [7, 11) is -3.42. The van der Waals surface area contributed by atoms with E-state index in [9.17, 15) is 13.2 Å². The van der Waals surface area contributed by atoms with Gasteiger partial charge in [-0.25, -0.2) is 13.1 Å². The lowest BCUT2D eigenvalue weighted by atomic mass is 10.0. The van der Waals surface area contributed by atoms with Gasteiger partial charge in [-0.1, -0.05) is 44.5 Å². The first-order valence-electron chi connectivity index (χ1n) is 7.12. The minimum atomic E-state index is -3.42. The zero-order chi connectivity index (χ0) is 16.5. The fourth-order valence-corrected chi connectivity index (χ4v) is 4.68. The Labute approximate surface area is 136 Å². The quantitative estimate of drug-likeness (QED) is 0.912. The number of halogens is 1. The molecule has 0 spiro atoms. The van der Waals surface area contributed by atoms with Crippen LogP contribution >= 0.6 is 11.6 Å². The SMILES string of the molecule is CC(C)(C)CS(=O)(=O)NC1CC(=O)N(c2ccccc2Cl)C1. The summed E-state index contributed by atoms with van der Waals surface area (Å²) in [6.45, 7) is 5.89. The molecule has 22 heavy (non-hydrogen) atoms. The molecule has 1 aromatic rings. The highest BCUT2D eigenvalue weighted by Gasteiger charge is 2.34. The Bertz CT molecular complexity index is 668. The largest absolute Gasteiger partial charge is 0.309 e. The standard InChI is InChI=1S/C15H21ClN2O3S/c1-15(2,3)10-22(20,21)17-11-8-14(19)18(9-11)13-7-5-4-6-12(13)16/h4-7,11,17H,8-10H2,1-3H3. The number of nitrogens with one attached hydrogen (secondary N) is 1. The maximum Gasteiger partial charge on any atom is 0.228 e. The molecule has 2 rings (SSSR count). The third kappa shape index (κ3) is 4.44. The number of anilines is 1. The van der Waals surface area contributed by atoms with Crippen molar-refractivity contribution in [1.82, 2.24) is 4.72 Å². The normalized spacial score (nSPS) is 19.7. The van der Waals surface area contributed by atoms with E-state index >= 15 is 0 Å². The highest BCUT2D eigenvalue weighted by molar-refractivity contribution is 7.89. The van der Waals surface area contributed by atoms with E-state index in [1.807, 2.05) is 20.8 Å². The Balaban J connectivity index is 2.09. The Morgan fingerprint density at radius 2 is 1.95 bits per heavy atom. The third-order valence-electron chi connectivity index (χ3n) is 3.24. The van der Waals surface area contributed by atoms with Crippen LogP contribution < -0.4 is 9.62 Å². The molecule has 1 unspecified atom stereocenters. The number of hydrogen-bond acceptors (Lipinski definition) is 3. The second-order valence-electron chi connectivity index (χ2n) is 6.79. The van der Waals surface area contributed by atoms with Gasteiger partial charge in [0.25, 0.3) is 0 Å². The van der Waals surface area contributed by atoms with Gasteiger partial charge < -0.3 is 4.90 Å². The summed E-state index contributed by atoms with van der Waals surface area (Å²) < 4.78 is 26.9. The van der Waals surface area contributed by atoms with Crippen LogP contribution in [0.1, 0.15) is 27.2 Å². The molecule has 0 saturated carbocycles. The van der Waals surface area contributed by atoms with Crippen molar-refractivity contribution in [1.29, 1.82) is 0 Å². The van der Waals surface area contributed by atoms with Crippen LogP contribution in [0.3, 0.4) is 0 Å². The number of carbonyl (C=O) groups excluding carboxylic acids is 1. The minimum Gasteiger partial charge on any atom is -0.309 e. The first-order chi connectivity index (χ1) is 10.1. The maximum absolute atomic E-state index is 12.2. The molecule has 1 aliphatic heterocycles. The smallest absolute Gasteiger partial charge is 0.228 e. The van der Waals surface area contributed by atoms with Crippen LogP contribution in [0.2, 0.25) is 5.02 Å². The summed E-state index contributed by atoms with van der Waals surface area (Å²) in [5.74, 6) is -0.104. The molecule has 1 saturated heterocycles. The number of nitrogens with zero attached hydrogens (tertiary/aromatic N) is 1. The van der Waals surface area contributed by atoms with E-state index in [0.717, 1.165) is 0 Å². The molecule has 1 N–H and O–H groups in total.